The first-order chi connectivity index (χ1) is 11.7. The molecule has 1 atom stereocenters. The van der Waals surface area contributed by atoms with Gasteiger partial charge in [0.2, 0.25) is 0 Å². The van der Waals surface area contributed by atoms with Crippen LogP contribution in [0.5, 0.6) is 5.75 Å². The predicted octanol–water partition coefficient (Wildman–Crippen LogP) is 3.56. The van der Waals surface area contributed by atoms with Crippen molar-refractivity contribution in [3.63, 3.8) is 0 Å². The second kappa shape index (κ2) is 6.88. The minimum atomic E-state index is -0.282. The lowest BCUT2D eigenvalue weighted by Crippen LogP contribution is -2.31. The standard InChI is InChI=1S/C19H16N2O3/c1-13(18-10-14-6-2-5-9-17(14)24-18)21-19(22)12-23-16-8-4-3-7-15(16)11-20/h2-10,13H,12H2,1H3,(H,21,22). The number of nitriles is 1. The summed E-state index contributed by atoms with van der Waals surface area (Å²) in [5.41, 5.74) is 1.18. The molecule has 1 N–H and O–H groups in total. The van der Waals surface area contributed by atoms with Gasteiger partial charge in [0.25, 0.3) is 5.91 Å². The minimum Gasteiger partial charge on any atom is -0.482 e. The first-order valence-corrected chi connectivity index (χ1v) is 7.57. The van der Waals surface area contributed by atoms with Crippen molar-refractivity contribution in [3.05, 3.63) is 65.9 Å². The lowest BCUT2D eigenvalue weighted by Gasteiger charge is -2.12. The van der Waals surface area contributed by atoms with Gasteiger partial charge in [-0.1, -0.05) is 30.3 Å². The molecule has 0 saturated carbocycles. The zero-order valence-corrected chi connectivity index (χ0v) is 13.2. The van der Waals surface area contributed by atoms with E-state index in [1.807, 2.05) is 43.3 Å². The van der Waals surface area contributed by atoms with Gasteiger partial charge in [-0.25, -0.2) is 0 Å². The number of benzene rings is 2. The Bertz CT molecular complexity index is 875. The Kier molecular flexibility index (Phi) is 4.48. The molecule has 1 unspecified atom stereocenters. The van der Waals surface area contributed by atoms with Gasteiger partial charge in [-0.15, -0.1) is 0 Å². The molecule has 0 fully saturated rings. The highest BCUT2D eigenvalue weighted by Crippen LogP contribution is 2.23. The predicted molar refractivity (Wildman–Crippen MR) is 89.4 cm³/mol. The van der Waals surface area contributed by atoms with Gasteiger partial charge >= 0.3 is 0 Å². The van der Waals surface area contributed by atoms with Gasteiger partial charge in [0.15, 0.2) is 6.61 Å². The number of ether oxygens (including phenoxy) is 1. The van der Waals surface area contributed by atoms with Crippen molar-refractivity contribution in [2.75, 3.05) is 6.61 Å². The van der Waals surface area contributed by atoms with Crippen molar-refractivity contribution in [3.8, 4) is 11.8 Å². The molecule has 1 aromatic heterocycles. The molecule has 0 saturated heterocycles. The van der Waals surface area contributed by atoms with E-state index in [9.17, 15) is 4.79 Å². The van der Waals surface area contributed by atoms with Crippen LogP contribution in [-0.4, -0.2) is 12.5 Å². The van der Waals surface area contributed by atoms with Crippen LogP contribution in [0.3, 0.4) is 0 Å². The minimum absolute atomic E-state index is 0.163. The Morgan fingerprint density at radius 3 is 2.79 bits per heavy atom. The van der Waals surface area contributed by atoms with Gasteiger partial charge < -0.3 is 14.5 Å². The van der Waals surface area contributed by atoms with Crippen LogP contribution in [0.1, 0.15) is 24.3 Å². The maximum Gasteiger partial charge on any atom is 0.258 e. The number of nitrogens with zero attached hydrogens (tertiary/aromatic N) is 1. The number of furan rings is 1. The van der Waals surface area contributed by atoms with E-state index >= 15 is 0 Å². The van der Waals surface area contributed by atoms with E-state index in [0.717, 1.165) is 11.0 Å². The van der Waals surface area contributed by atoms with E-state index < -0.39 is 0 Å². The summed E-state index contributed by atoms with van der Waals surface area (Å²) < 4.78 is 11.2. The Morgan fingerprint density at radius 1 is 1.25 bits per heavy atom. The van der Waals surface area contributed by atoms with Crippen LogP contribution in [0.25, 0.3) is 11.0 Å². The zero-order valence-electron chi connectivity index (χ0n) is 13.2. The molecule has 0 spiro atoms. The highest BCUT2D eigenvalue weighted by atomic mass is 16.5. The lowest BCUT2D eigenvalue weighted by molar-refractivity contribution is -0.123. The van der Waals surface area contributed by atoms with Crippen molar-refractivity contribution < 1.29 is 13.9 Å². The molecule has 5 nitrogen and oxygen atoms in total. The molecule has 120 valence electrons. The molecule has 24 heavy (non-hydrogen) atoms. The summed E-state index contributed by atoms with van der Waals surface area (Å²) in [6.07, 6.45) is 0. The van der Waals surface area contributed by atoms with Crippen LogP contribution >= 0.6 is 0 Å². The largest absolute Gasteiger partial charge is 0.482 e. The van der Waals surface area contributed by atoms with E-state index in [4.69, 9.17) is 14.4 Å². The molecule has 3 aromatic rings. The fourth-order valence-corrected chi connectivity index (χ4v) is 2.40. The van der Waals surface area contributed by atoms with Crippen LogP contribution < -0.4 is 10.1 Å². The monoisotopic (exact) mass is 320 g/mol. The molecule has 2 aromatic carbocycles. The molecular formula is C19H16N2O3. The Morgan fingerprint density at radius 2 is 2.00 bits per heavy atom. The number of amides is 1. The molecule has 5 heteroatoms. The van der Waals surface area contributed by atoms with Crippen molar-refractivity contribution >= 4 is 16.9 Å². The van der Waals surface area contributed by atoms with Gasteiger partial charge in [-0.05, 0) is 31.2 Å². The number of carbonyl (C=O) groups is 1. The average Bonchev–Trinajstić information content (AvgIpc) is 3.04. The van der Waals surface area contributed by atoms with Crippen molar-refractivity contribution in [2.45, 2.75) is 13.0 Å². The summed E-state index contributed by atoms with van der Waals surface area (Å²) in [6, 6.07) is 18.1. The molecule has 0 aliphatic carbocycles. The normalized spacial score (nSPS) is 11.7. The summed E-state index contributed by atoms with van der Waals surface area (Å²) in [7, 11) is 0. The second-order valence-corrected chi connectivity index (χ2v) is 5.37. The van der Waals surface area contributed by atoms with Crippen LogP contribution in [0, 0.1) is 11.3 Å². The van der Waals surface area contributed by atoms with Crippen LogP contribution in [0.4, 0.5) is 0 Å². The van der Waals surface area contributed by atoms with Crippen LogP contribution in [0.2, 0.25) is 0 Å². The van der Waals surface area contributed by atoms with Gasteiger partial charge in [0, 0.05) is 5.39 Å². The number of nitrogens with one attached hydrogen (secondary N) is 1. The van der Waals surface area contributed by atoms with Gasteiger partial charge in [-0.3, -0.25) is 4.79 Å². The SMILES string of the molecule is CC(NC(=O)COc1ccccc1C#N)c1cc2ccccc2o1. The van der Waals surface area contributed by atoms with Crippen molar-refractivity contribution in [1.82, 2.24) is 5.32 Å². The number of fused-ring (bicyclic) bond motifs is 1. The van der Waals surface area contributed by atoms with Crippen LogP contribution in [-0.2, 0) is 4.79 Å². The topological polar surface area (TPSA) is 75.3 Å². The van der Waals surface area contributed by atoms with E-state index in [1.54, 1.807) is 24.3 Å². The maximum absolute atomic E-state index is 12.1. The van der Waals surface area contributed by atoms with E-state index in [-0.39, 0.29) is 18.6 Å². The average molecular weight is 320 g/mol. The third-order valence-electron chi connectivity index (χ3n) is 3.62. The van der Waals surface area contributed by atoms with Gasteiger partial charge in [0.1, 0.15) is 23.2 Å². The second-order valence-electron chi connectivity index (χ2n) is 5.37. The number of carbonyl (C=O) groups excluding carboxylic acids is 1. The number of hydrogen-bond acceptors (Lipinski definition) is 4. The summed E-state index contributed by atoms with van der Waals surface area (Å²) in [5.74, 6) is 0.796. The molecule has 1 amide bonds. The molecule has 0 bridgehead atoms. The van der Waals surface area contributed by atoms with E-state index in [1.165, 1.54) is 0 Å². The summed E-state index contributed by atoms with van der Waals surface area (Å²) >= 11 is 0. The summed E-state index contributed by atoms with van der Waals surface area (Å²) in [4.78, 5) is 12.1. The third kappa shape index (κ3) is 3.39. The highest BCUT2D eigenvalue weighted by molar-refractivity contribution is 5.79. The van der Waals surface area contributed by atoms with Crippen LogP contribution in [0.15, 0.2) is 59.0 Å². The van der Waals surface area contributed by atoms with Crippen molar-refractivity contribution in [2.24, 2.45) is 0 Å². The summed E-state index contributed by atoms with van der Waals surface area (Å²) in [5, 5.41) is 12.8. The molecule has 0 aliphatic rings. The fraction of sp³-hybridized carbons (Fsp3) is 0.158. The number of rotatable bonds is 5. The van der Waals surface area contributed by atoms with Crippen molar-refractivity contribution in [1.29, 1.82) is 5.26 Å². The molecule has 1 heterocycles. The lowest BCUT2D eigenvalue weighted by atomic mass is 10.2. The molecule has 0 radical (unpaired) electrons. The highest BCUT2D eigenvalue weighted by Gasteiger charge is 2.15. The van der Waals surface area contributed by atoms with Gasteiger partial charge in [0.05, 0.1) is 11.6 Å². The number of hydrogen-bond donors (Lipinski definition) is 1. The van der Waals surface area contributed by atoms with E-state index in [0.29, 0.717) is 17.1 Å². The Labute approximate surface area is 139 Å². The molecule has 0 aliphatic heterocycles. The smallest absolute Gasteiger partial charge is 0.258 e. The fourth-order valence-electron chi connectivity index (χ4n) is 2.40. The molecular weight excluding hydrogens is 304 g/mol. The first kappa shape index (κ1) is 15.6. The Hall–Kier alpha value is -3.26. The summed E-state index contributed by atoms with van der Waals surface area (Å²) in [6.45, 7) is 1.68. The quantitative estimate of drug-likeness (QED) is 0.780. The maximum atomic E-state index is 12.1. The zero-order chi connectivity index (χ0) is 16.9. The van der Waals surface area contributed by atoms with E-state index in [2.05, 4.69) is 5.32 Å². The molecule has 3 rings (SSSR count). The van der Waals surface area contributed by atoms with Gasteiger partial charge in [-0.2, -0.15) is 5.26 Å². The Balaban J connectivity index is 1.61. The third-order valence-corrected chi connectivity index (χ3v) is 3.62. The first-order valence-electron chi connectivity index (χ1n) is 7.57. The number of para-hydroxylation sites is 2.